The van der Waals surface area contributed by atoms with Gasteiger partial charge in [0, 0.05) is 18.2 Å². The SMILES string of the molecule is CC1CCC(NCc2cc(C#N)ccc2F)C1C. The second kappa shape index (κ2) is 5.49. The monoisotopic (exact) mass is 246 g/mol. The molecule has 1 N–H and O–H groups in total. The van der Waals surface area contributed by atoms with Gasteiger partial charge >= 0.3 is 0 Å². The zero-order valence-electron chi connectivity index (χ0n) is 10.9. The highest BCUT2D eigenvalue weighted by molar-refractivity contribution is 5.33. The smallest absolute Gasteiger partial charge is 0.127 e. The van der Waals surface area contributed by atoms with Gasteiger partial charge in [-0.15, -0.1) is 0 Å². The van der Waals surface area contributed by atoms with Crippen LogP contribution in [0.2, 0.25) is 0 Å². The number of nitriles is 1. The highest BCUT2D eigenvalue weighted by Gasteiger charge is 2.29. The van der Waals surface area contributed by atoms with Crippen molar-refractivity contribution in [2.75, 3.05) is 0 Å². The second-order valence-electron chi connectivity index (χ2n) is 5.32. The molecule has 0 radical (unpaired) electrons. The molecule has 0 bridgehead atoms. The summed E-state index contributed by atoms with van der Waals surface area (Å²) in [6, 6.07) is 7.02. The summed E-state index contributed by atoms with van der Waals surface area (Å²) in [4.78, 5) is 0. The van der Waals surface area contributed by atoms with Gasteiger partial charge < -0.3 is 5.32 Å². The van der Waals surface area contributed by atoms with E-state index in [1.54, 1.807) is 6.07 Å². The zero-order valence-corrected chi connectivity index (χ0v) is 10.9. The number of nitrogens with one attached hydrogen (secondary N) is 1. The maximum absolute atomic E-state index is 13.6. The molecule has 0 saturated heterocycles. The summed E-state index contributed by atoms with van der Waals surface area (Å²) in [5, 5.41) is 12.2. The molecule has 2 nitrogen and oxygen atoms in total. The summed E-state index contributed by atoms with van der Waals surface area (Å²) in [6.07, 6.45) is 2.39. The highest BCUT2D eigenvalue weighted by atomic mass is 19.1. The van der Waals surface area contributed by atoms with Crippen molar-refractivity contribution in [2.24, 2.45) is 11.8 Å². The Labute approximate surface area is 108 Å². The van der Waals surface area contributed by atoms with Gasteiger partial charge in [-0.2, -0.15) is 5.26 Å². The van der Waals surface area contributed by atoms with Crippen LogP contribution in [-0.2, 0) is 6.54 Å². The minimum Gasteiger partial charge on any atom is -0.310 e. The Kier molecular flexibility index (Phi) is 3.98. The van der Waals surface area contributed by atoms with Crippen LogP contribution in [-0.4, -0.2) is 6.04 Å². The summed E-state index contributed by atoms with van der Waals surface area (Å²) >= 11 is 0. The molecule has 2 rings (SSSR count). The van der Waals surface area contributed by atoms with Gasteiger partial charge in [-0.3, -0.25) is 0 Å². The molecule has 1 aromatic carbocycles. The van der Waals surface area contributed by atoms with E-state index in [4.69, 9.17) is 5.26 Å². The predicted molar refractivity (Wildman–Crippen MR) is 69.3 cm³/mol. The van der Waals surface area contributed by atoms with E-state index in [2.05, 4.69) is 19.2 Å². The van der Waals surface area contributed by atoms with Crippen molar-refractivity contribution in [1.82, 2.24) is 5.32 Å². The summed E-state index contributed by atoms with van der Waals surface area (Å²) < 4.78 is 13.6. The number of hydrogen-bond donors (Lipinski definition) is 1. The van der Waals surface area contributed by atoms with Crippen LogP contribution in [0.1, 0.15) is 37.8 Å². The normalized spacial score (nSPS) is 27.1. The second-order valence-corrected chi connectivity index (χ2v) is 5.32. The molecule has 1 aliphatic carbocycles. The van der Waals surface area contributed by atoms with E-state index in [9.17, 15) is 4.39 Å². The Morgan fingerprint density at radius 1 is 1.39 bits per heavy atom. The van der Waals surface area contributed by atoms with Crippen molar-refractivity contribution in [3.8, 4) is 6.07 Å². The molecule has 3 heteroatoms. The van der Waals surface area contributed by atoms with Crippen LogP contribution in [0, 0.1) is 29.0 Å². The standard InChI is InChI=1S/C15H19FN2/c1-10-3-6-15(11(10)2)18-9-13-7-12(8-17)4-5-14(13)16/h4-5,7,10-11,15,18H,3,6,9H2,1-2H3. The Morgan fingerprint density at radius 2 is 2.17 bits per heavy atom. The fourth-order valence-electron chi connectivity index (χ4n) is 2.67. The molecule has 0 aliphatic heterocycles. The quantitative estimate of drug-likeness (QED) is 0.888. The summed E-state index contributed by atoms with van der Waals surface area (Å²) in [5.74, 6) is 1.13. The number of rotatable bonds is 3. The third-order valence-electron chi connectivity index (χ3n) is 4.19. The van der Waals surface area contributed by atoms with Gasteiger partial charge in [0.15, 0.2) is 0 Å². The van der Waals surface area contributed by atoms with Crippen molar-refractivity contribution in [3.63, 3.8) is 0 Å². The van der Waals surface area contributed by atoms with E-state index < -0.39 is 0 Å². The van der Waals surface area contributed by atoms with Crippen LogP contribution in [0.15, 0.2) is 18.2 Å². The van der Waals surface area contributed by atoms with Crippen LogP contribution in [0.4, 0.5) is 4.39 Å². The Balaban J connectivity index is 2.00. The van der Waals surface area contributed by atoms with Crippen molar-refractivity contribution in [1.29, 1.82) is 5.26 Å². The van der Waals surface area contributed by atoms with Crippen molar-refractivity contribution >= 4 is 0 Å². The van der Waals surface area contributed by atoms with Crippen molar-refractivity contribution in [2.45, 2.75) is 39.3 Å². The molecule has 3 atom stereocenters. The van der Waals surface area contributed by atoms with Crippen LogP contribution in [0.5, 0.6) is 0 Å². The molecule has 1 fully saturated rings. The van der Waals surface area contributed by atoms with Gasteiger partial charge in [-0.05, 0) is 42.9 Å². The highest BCUT2D eigenvalue weighted by Crippen LogP contribution is 2.31. The van der Waals surface area contributed by atoms with E-state index >= 15 is 0 Å². The summed E-state index contributed by atoms with van der Waals surface area (Å²) in [6.45, 7) is 5.02. The molecular weight excluding hydrogens is 227 g/mol. The van der Waals surface area contributed by atoms with Gasteiger partial charge in [0.1, 0.15) is 5.82 Å². The number of benzene rings is 1. The molecule has 0 aromatic heterocycles. The lowest BCUT2D eigenvalue weighted by molar-refractivity contribution is 0.368. The lowest BCUT2D eigenvalue weighted by Crippen LogP contribution is -2.32. The van der Waals surface area contributed by atoms with Gasteiger partial charge in [0.05, 0.1) is 11.6 Å². The Morgan fingerprint density at radius 3 is 2.78 bits per heavy atom. The van der Waals surface area contributed by atoms with E-state index in [1.807, 2.05) is 6.07 Å². The lowest BCUT2D eigenvalue weighted by atomic mass is 9.97. The molecule has 0 amide bonds. The maximum atomic E-state index is 13.6. The molecule has 0 heterocycles. The maximum Gasteiger partial charge on any atom is 0.127 e. The molecule has 1 aromatic rings. The van der Waals surface area contributed by atoms with Crippen molar-refractivity contribution < 1.29 is 4.39 Å². The zero-order chi connectivity index (χ0) is 13.1. The van der Waals surface area contributed by atoms with E-state index in [1.165, 1.54) is 18.6 Å². The first kappa shape index (κ1) is 13.0. The molecule has 3 unspecified atom stereocenters. The third kappa shape index (κ3) is 2.70. The minimum atomic E-state index is -0.236. The number of nitrogens with zero attached hydrogens (tertiary/aromatic N) is 1. The van der Waals surface area contributed by atoms with Crippen LogP contribution in [0.25, 0.3) is 0 Å². The topological polar surface area (TPSA) is 35.8 Å². The fraction of sp³-hybridized carbons (Fsp3) is 0.533. The fourth-order valence-corrected chi connectivity index (χ4v) is 2.67. The van der Waals surface area contributed by atoms with E-state index in [0.29, 0.717) is 29.6 Å². The first-order valence-electron chi connectivity index (χ1n) is 6.53. The van der Waals surface area contributed by atoms with Gasteiger partial charge in [0.25, 0.3) is 0 Å². The molecular formula is C15H19FN2. The lowest BCUT2D eigenvalue weighted by Gasteiger charge is -2.20. The Hall–Kier alpha value is -1.40. The predicted octanol–water partition coefficient (Wildman–Crippen LogP) is 3.22. The first-order valence-corrected chi connectivity index (χ1v) is 6.53. The van der Waals surface area contributed by atoms with Crippen LogP contribution in [0.3, 0.4) is 0 Å². The Bertz CT molecular complexity index is 464. The average Bonchev–Trinajstić information content (AvgIpc) is 2.69. The van der Waals surface area contributed by atoms with Crippen LogP contribution >= 0.6 is 0 Å². The molecule has 0 spiro atoms. The first-order chi connectivity index (χ1) is 8.61. The summed E-state index contributed by atoms with van der Waals surface area (Å²) in [5.41, 5.74) is 1.10. The van der Waals surface area contributed by atoms with Crippen molar-refractivity contribution in [3.05, 3.63) is 35.1 Å². The number of halogens is 1. The third-order valence-corrected chi connectivity index (χ3v) is 4.19. The molecule has 96 valence electrons. The number of hydrogen-bond acceptors (Lipinski definition) is 2. The van der Waals surface area contributed by atoms with Crippen LogP contribution < -0.4 is 5.32 Å². The molecule has 18 heavy (non-hydrogen) atoms. The van der Waals surface area contributed by atoms with E-state index in [0.717, 1.165) is 12.3 Å². The summed E-state index contributed by atoms with van der Waals surface area (Å²) in [7, 11) is 0. The van der Waals surface area contributed by atoms with Gasteiger partial charge in [-0.1, -0.05) is 13.8 Å². The van der Waals surface area contributed by atoms with Gasteiger partial charge in [0.2, 0.25) is 0 Å². The average molecular weight is 246 g/mol. The molecule has 1 aliphatic rings. The minimum absolute atomic E-state index is 0.236. The largest absolute Gasteiger partial charge is 0.310 e. The van der Waals surface area contributed by atoms with Gasteiger partial charge in [-0.25, -0.2) is 4.39 Å². The van der Waals surface area contributed by atoms with E-state index in [-0.39, 0.29) is 5.82 Å². The molecule has 1 saturated carbocycles.